The minimum atomic E-state index is -0.933. The largest absolute Gasteiger partial charge is 0.480 e. The summed E-state index contributed by atoms with van der Waals surface area (Å²) in [5.41, 5.74) is -0.878. The van der Waals surface area contributed by atoms with Gasteiger partial charge in [-0.2, -0.15) is 0 Å². The van der Waals surface area contributed by atoms with Crippen LogP contribution in [0.1, 0.15) is 123 Å². The third kappa shape index (κ3) is 79.3. The van der Waals surface area contributed by atoms with Crippen molar-refractivity contribution in [3.63, 3.8) is 0 Å². The van der Waals surface area contributed by atoms with E-state index in [-0.39, 0.29) is 180 Å². The van der Waals surface area contributed by atoms with E-state index in [1.807, 2.05) is 32.8 Å². The number of ether oxygens (including phenoxy) is 7. The molecule has 31 heteroatoms. The van der Waals surface area contributed by atoms with Crippen molar-refractivity contribution in [2.75, 3.05) is 198 Å². The number of carboxylic acid groups (broad SMARTS) is 1. The first-order valence-corrected chi connectivity index (χ1v) is 31.8. The quantitative estimate of drug-likeness (QED) is 0.0574. The van der Waals surface area contributed by atoms with E-state index < -0.39 is 11.5 Å². The maximum atomic E-state index is 11.6. The van der Waals surface area contributed by atoms with Gasteiger partial charge < -0.3 is 88.7 Å². The van der Waals surface area contributed by atoms with Crippen LogP contribution in [-0.4, -0.2) is 311 Å². The van der Waals surface area contributed by atoms with E-state index in [0.29, 0.717) is 44.9 Å². The maximum Gasteiger partial charge on any atom is 0.329 e. The Bertz CT molecular complexity index is 1500. The molecule has 5 aliphatic rings. The third-order valence-corrected chi connectivity index (χ3v) is 12.5. The van der Waals surface area contributed by atoms with Crippen LogP contribution in [0.4, 0.5) is 4.70 Å². The van der Waals surface area contributed by atoms with Gasteiger partial charge in [0.2, 0.25) is 17.7 Å². The molecule has 0 aliphatic carbocycles. The number of alkyl halides is 4. The number of methoxy groups -OCH3 is 2. The van der Waals surface area contributed by atoms with Crippen molar-refractivity contribution in [2.45, 2.75) is 150 Å². The smallest absolute Gasteiger partial charge is 0.329 e. The molecular weight excluding hydrogens is 1350 g/mol. The Morgan fingerprint density at radius 3 is 1.70 bits per heavy atom. The van der Waals surface area contributed by atoms with Gasteiger partial charge in [0, 0.05) is 226 Å². The summed E-state index contributed by atoms with van der Waals surface area (Å²) in [6.07, 6.45) is 11.6. The number of aliphatic carboxylic acids is 1. The Balaban J connectivity index is -0.0000000681. The summed E-state index contributed by atoms with van der Waals surface area (Å²) in [7, 11) is 12.2. The number of nitrogens with one attached hydrogen (secondary N) is 2. The SMILES string of the molecule is C.C.CCBr.CCC1CN(C(=O)COC)CCCO1.CCC1CN(C)CCCO1.CCC1CNCCCO1.CCC1OCCCN(C)C1=O.CN(CCCO)C(=O)CCl.CN1CCCOCC1=O.CNCCCO.COCC(=O)O.F.OC(Cl)CCl.[2HH].[Ar].[Ar].[B].[HH]. The van der Waals surface area contributed by atoms with E-state index in [9.17, 15) is 24.0 Å². The molecule has 3 radical (unpaired) electrons. The van der Waals surface area contributed by atoms with Gasteiger partial charge in [0.25, 0.3) is 5.91 Å². The zero-order valence-electron chi connectivity index (χ0n) is 54.6. The Labute approximate surface area is 626 Å². The molecule has 0 spiro atoms. The van der Waals surface area contributed by atoms with Crippen molar-refractivity contribution in [1.82, 2.24) is 35.1 Å². The van der Waals surface area contributed by atoms with Crippen molar-refractivity contribution in [3.05, 3.63) is 0 Å². The van der Waals surface area contributed by atoms with Crippen LogP contribution in [0.2, 0.25) is 0 Å². The van der Waals surface area contributed by atoms with Crippen LogP contribution < -0.4 is 10.6 Å². The van der Waals surface area contributed by atoms with Gasteiger partial charge in [-0.05, 0) is 97.8 Å². The average molecular weight is 1480 g/mol. The van der Waals surface area contributed by atoms with Crippen LogP contribution >= 0.6 is 50.7 Å². The summed E-state index contributed by atoms with van der Waals surface area (Å²) < 4.78 is 36.0. The average Bonchev–Trinajstić information content (AvgIpc) is 4.18. The summed E-state index contributed by atoms with van der Waals surface area (Å²) in [4.78, 5) is 63.1. The molecule has 0 aromatic rings. The fourth-order valence-corrected chi connectivity index (χ4v) is 7.10. The minimum absolute atomic E-state index is 0. The van der Waals surface area contributed by atoms with E-state index in [0.717, 1.165) is 135 Å². The van der Waals surface area contributed by atoms with E-state index in [4.69, 9.17) is 83.7 Å². The number of rotatable bonds is 16. The maximum absolute atomic E-state index is 11.6. The first kappa shape index (κ1) is 114. The van der Waals surface area contributed by atoms with Crippen molar-refractivity contribution >= 4 is 88.7 Å². The molecule has 5 heterocycles. The van der Waals surface area contributed by atoms with E-state index >= 15 is 0 Å². The van der Waals surface area contributed by atoms with Crippen LogP contribution in [0.25, 0.3) is 0 Å². The summed E-state index contributed by atoms with van der Waals surface area (Å²) in [6, 6.07) is 0. The number of carbonyl (C=O) groups is 5. The van der Waals surface area contributed by atoms with Crippen LogP contribution in [0.5, 0.6) is 0 Å². The number of aliphatic hydroxyl groups excluding tert-OH is 3. The van der Waals surface area contributed by atoms with Gasteiger partial charge in [-0.1, -0.05) is 77.0 Å². The molecule has 5 rings (SSSR count). The molecule has 545 valence electrons. The number of nitrogens with zero attached hydrogens (tertiary/aromatic N) is 5. The van der Waals surface area contributed by atoms with Gasteiger partial charge >= 0.3 is 5.97 Å². The molecule has 5 aliphatic heterocycles. The molecule has 5 atom stereocenters. The second kappa shape index (κ2) is 86.7. The van der Waals surface area contributed by atoms with Gasteiger partial charge in [-0.15, -0.1) is 23.2 Å². The van der Waals surface area contributed by atoms with Gasteiger partial charge in [-0.3, -0.25) is 23.9 Å². The zero-order chi connectivity index (χ0) is 64.1. The molecular formula is C58H128Ar2BBrCl3FN7O16. The number of hydrogen-bond acceptors (Lipinski definition) is 18. The number of hydrogen-bond donors (Lipinski definition) is 6. The predicted octanol–water partition coefficient (Wildman–Crippen LogP) is 6.15. The number of aliphatic hydroxyl groups is 3. The van der Waals surface area contributed by atoms with Crippen molar-refractivity contribution < 1.29 is 161 Å². The normalized spacial score (nSPS) is 18.8. The second-order valence-electron chi connectivity index (χ2n) is 19.0. The molecule has 5 fully saturated rings. The van der Waals surface area contributed by atoms with E-state index in [1.165, 1.54) is 25.0 Å². The number of amides is 4. The van der Waals surface area contributed by atoms with Crippen molar-refractivity contribution in [2.24, 2.45) is 0 Å². The van der Waals surface area contributed by atoms with Gasteiger partial charge in [0.05, 0.1) is 24.2 Å². The first-order chi connectivity index (χ1) is 39.7. The molecule has 0 bridgehead atoms. The standard InChI is InChI=1S/C10H19NO3.C8H15NO2.C8H17NO.C7H15NO.C6H12ClNO2.C6H11NO2.C4H11NO.C3H6O3.C2H5Br.C2H4Cl2O.2CH4.2Ar.B.FH.2H2/c1-3-9-7-11(5-4-6-14-9)10(12)8-13-2;1-3-7-8(10)9(2)5-4-6-11-7;1-3-8-7-9(2)5-4-6-10-8;1-2-7-6-8-4-3-5-9-7;1-8(3-2-4-9)6(10)5-7;1-7-3-2-4-9-5-6(7)8;1-5-3-2-4-6;1-6-2-3(4)5;1-2-3;3-1-2(4)5;;;;;;;;/h9H,3-8H2,1-2H3;7H,3-6H2,1-2H3;8H,3-7H2,1-2H3;7-8H,2-6H2,1H3;9H,2-5H2,1H3;2-5H2,1H3;5-6H,2-4H2,1H3;2H2,1H3,(H,4,5);2H2,1H3;2,5H,1H2;2*1H4;;;;3*1H/i;;;;;;;;;;;;;;;;1+1;. The molecule has 23 nitrogen and oxygen atoms in total. The summed E-state index contributed by atoms with van der Waals surface area (Å²) in [6.45, 7) is 24.3. The molecule has 0 aromatic carbocycles. The third-order valence-electron chi connectivity index (χ3n) is 11.7. The Hall–Kier alpha value is 0.694. The molecule has 6 N–H and O–H groups in total. The molecule has 4 amide bonds. The van der Waals surface area contributed by atoms with Crippen molar-refractivity contribution in [1.29, 1.82) is 0 Å². The van der Waals surface area contributed by atoms with Crippen LogP contribution in [-0.2, 0) is 57.1 Å². The Morgan fingerprint density at radius 2 is 1.25 bits per heavy atom. The minimum Gasteiger partial charge on any atom is -0.480 e. The monoisotopic (exact) mass is 1470 g/mol. The molecule has 5 saturated heterocycles. The van der Waals surface area contributed by atoms with Crippen molar-refractivity contribution in [3.8, 4) is 0 Å². The fraction of sp³-hybridized carbons (Fsp3) is 0.914. The first-order valence-electron chi connectivity index (χ1n) is 29.2. The Kier molecular flexibility index (Phi) is 111. The summed E-state index contributed by atoms with van der Waals surface area (Å²) >= 11 is 18.3. The Morgan fingerprint density at radius 1 is 0.775 bits per heavy atom. The molecule has 5 unspecified atom stereocenters. The number of halogens is 5. The topological polar surface area (TPSA) is 271 Å². The van der Waals surface area contributed by atoms with Crippen LogP contribution in [0.15, 0.2) is 0 Å². The summed E-state index contributed by atoms with van der Waals surface area (Å²) in [5.74, 6) is -0.634. The van der Waals surface area contributed by atoms with Gasteiger partial charge in [0.1, 0.15) is 37.4 Å². The van der Waals surface area contributed by atoms with Gasteiger partial charge in [-0.25, -0.2) is 4.79 Å². The zero-order valence-corrected chi connectivity index (χ0v) is 59.8. The molecule has 0 saturated carbocycles. The fourth-order valence-electron chi connectivity index (χ4n) is 6.90. The van der Waals surface area contributed by atoms with Gasteiger partial charge in [0.15, 0.2) is 0 Å². The van der Waals surface area contributed by atoms with Crippen LogP contribution in [0, 0.1) is 75.5 Å². The summed E-state index contributed by atoms with van der Waals surface area (Å²) in [5, 5.41) is 39.6. The number of carbonyl (C=O) groups excluding carboxylic acids is 4. The second-order valence-corrected chi connectivity index (χ2v) is 21.2. The number of carboxylic acids is 1. The van der Waals surface area contributed by atoms with E-state index in [2.05, 4.69) is 64.0 Å². The predicted molar refractivity (Wildman–Crippen MR) is 361 cm³/mol. The number of likely N-dealkylation sites (N-methyl/N-ethyl adjacent to an activating group) is 3. The molecule has 89 heavy (non-hydrogen) atoms. The van der Waals surface area contributed by atoms with Crippen LogP contribution in [0.3, 0.4) is 0 Å². The van der Waals surface area contributed by atoms with E-state index in [1.54, 1.807) is 31.0 Å². The molecule has 0 aromatic heterocycles.